The van der Waals surface area contributed by atoms with E-state index in [4.69, 9.17) is 0 Å². The summed E-state index contributed by atoms with van der Waals surface area (Å²) in [5.41, 5.74) is 1.41. The molecule has 0 radical (unpaired) electrons. The molecule has 1 amide bonds. The highest BCUT2D eigenvalue weighted by Gasteiger charge is 2.10. The Bertz CT molecular complexity index is 694. The van der Waals surface area contributed by atoms with Gasteiger partial charge in [0, 0.05) is 36.0 Å². The van der Waals surface area contributed by atoms with Crippen molar-refractivity contribution < 1.29 is 23.9 Å². The van der Waals surface area contributed by atoms with Crippen molar-refractivity contribution in [2.24, 2.45) is 0 Å². The Morgan fingerprint density at radius 3 is 1.65 bits per heavy atom. The fourth-order valence-electron chi connectivity index (χ4n) is 2.84. The number of methoxy groups -OCH3 is 2. The molecule has 1 aromatic carbocycles. The van der Waals surface area contributed by atoms with Gasteiger partial charge in [-0.1, -0.05) is 71.9 Å². The largest absolute Gasteiger partial charge is 0.469 e. The Hall–Kier alpha value is -0.620. The standard InChI is InChI=1S/C8H10S.C7H14S.C5H11NOS.C5H10O2S.C4H8O2S.3CH4/c1-9-7-8-5-3-2-4-6-8;1-8-7-5-3-2-4-6-7;1-5(7)6-3-4-8-2;1-7-5(6)3-4-8-2;1-6-4(5)3-7-2;;;/h2-6H,7H2,1H3;7H,2-6H2,1H3;3-4H2,1-2H3,(H,6,7);3-4H2,1-2H3;3H2,1-2H3;3*1H4. The number of hydrogen-bond acceptors (Lipinski definition) is 10. The molecule has 0 aliphatic heterocycles. The zero-order valence-electron chi connectivity index (χ0n) is 25.8. The van der Waals surface area contributed by atoms with Crippen molar-refractivity contribution in [1.29, 1.82) is 0 Å². The summed E-state index contributed by atoms with van der Waals surface area (Å²) in [6.07, 6.45) is 18.1. The summed E-state index contributed by atoms with van der Waals surface area (Å²) in [6.45, 7) is 2.32. The highest BCUT2D eigenvalue weighted by atomic mass is 32.2. The molecule has 1 aliphatic carbocycles. The van der Waals surface area contributed by atoms with Crippen LogP contribution in [0.3, 0.4) is 0 Å². The Balaban J connectivity index is -0.0000000980. The molecule has 2 rings (SSSR count). The summed E-state index contributed by atoms with van der Waals surface area (Å²) in [4.78, 5) is 30.7. The van der Waals surface area contributed by atoms with Crippen LogP contribution in [0.1, 0.15) is 73.3 Å². The first-order chi connectivity index (χ1) is 19.2. The number of nitrogens with one attached hydrogen (secondary N) is 1. The molecule has 258 valence electrons. The van der Waals surface area contributed by atoms with Crippen LogP contribution in [0.4, 0.5) is 0 Å². The van der Waals surface area contributed by atoms with E-state index in [2.05, 4.69) is 51.6 Å². The summed E-state index contributed by atoms with van der Waals surface area (Å²) in [7, 11) is 2.79. The minimum atomic E-state index is -0.160. The molecule has 1 fully saturated rings. The number of rotatable bonds is 11. The number of carbonyl (C=O) groups excluding carboxylic acids is 3. The first kappa shape index (κ1) is 54.8. The molecule has 0 spiro atoms. The van der Waals surface area contributed by atoms with E-state index in [1.165, 1.54) is 70.6 Å². The molecule has 1 aliphatic rings. The van der Waals surface area contributed by atoms with Gasteiger partial charge in [0.1, 0.15) is 0 Å². The lowest BCUT2D eigenvalue weighted by Gasteiger charge is -2.18. The van der Waals surface area contributed by atoms with E-state index in [1.54, 1.807) is 23.5 Å². The van der Waals surface area contributed by atoms with E-state index in [0.29, 0.717) is 12.2 Å². The maximum absolute atomic E-state index is 10.3. The van der Waals surface area contributed by atoms with Crippen molar-refractivity contribution in [2.75, 3.05) is 69.3 Å². The van der Waals surface area contributed by atoms with Gasteiger partial charge in [0.15, 0.2) is 0 Å². The number of ether oxygens (including phenoxy) is 2. The van der Waals surface area contributed by atoms with Gasteiger partial charge in [-0.15, -0.1) is 0 Å². The zero-order chi connectivity index (χ0) is 30.9. The topological polar surface area (TPSA) is 81.7 Å². The van der Waals surface area contributed by atoms with Crippen LogP contribution in [0.2, 0.25) is 0 Å². The van der Waals surface area contributed by atoms with E-state index in [-0.39, 0.29) is 40.1 Å². The van der Waals surface area contributed by atoms with Crippen molar-refractivity contribution >= 4 is 76.7 Å². The third-order valence-corrected chi connectivity index (χ3v) is 8.46. The predicted octanol–water partition coefficient (Wildman–Crippen LogP) is 9.06. The summed E-state index contributed by atoms with van der Waals surface area (Å²) in [5, 5.41) is 3.69. The van der Waals surface area contributed by atoms with Crippen LogP contribution >= 0.6 is 58.8 Å². The average Bonchev–Trinajstić information content (AvgIpc) is 2.98. The minimum absolute atomic E-state index is 0. The van der Waals surface area contributed by atoms with Gasteiger partial charge in [0.25, 0.3) is 0 Å². The lowest BCUT2D eigenvalue weighted by Crippen LogP contribution is -2.22. The molecule has 11 heteroatoms. The third kappa shape index (κ3) is 48.5. The van der Waals surface area contributed by atoms with Crippen molar-refractivity contribution in [1.82, 2.24) is 5.32 Å². The Labute approximate surface area is 288 Å². The van der Waals surface area contributed by atoms with Crippen molar-refractivity contribution in [3.8, 4) is 0 Å². The first-order valence-electron chi connectivity index (χ1n) is 13.2. The maximum atomic E-state index is 10.3. The van der Waals surface area contributed by atoms with E-state index < -0.39 is 0 Å². The van der Waals surface area contributed by atoms with Gasteiger partial charge in [0.05, 0.1) is 26.4 Å². The van der Waals surface area contributed by atoms with Crippen LogP contribution in [0.25, 0.3) is 0 Å². The lowest BCUT2D eigenvalue weighted by atomic mass is 10.0. The maximum Gasteiger partial charge on any atom is 0.315 e. The zero-order valence-corrected chi connectivity index (χ0v) is 29.9. The number of thioether (sulfide) groups is 5. The number of carbonyl (C=O) groups is 3. The molecule has 1 N–H and O–H groups in total. The highest BCUT2D eigenvalue weighted by Crippen LogP contribution is 2.25. The normalized spacial score (nSPS) is 11.0. The van der Waals surface area contributed by atoms with E-state index in [0.717, 1.165) is 29.1 Å². The molecule has 0 bridgehead atoms. The molecule has 1 saturated carbocycles. The number of esters is 2. The van der Waals surface area contributed by atoms with Gasteiger partial charge in [-0.3, -0.25) is 14.4 Å². The van der Waals surface area contributed by atoms with E-state index in [1.807, 2.05) is 48.4 Å². The van der Waals surface area contributed by atoms with Crippen LogP contribution in [0, 0.1) is 0 Å². The number of hydrogen-bond donors (Lipinski definition) is 1. The third-order valence-electron chi connectivity index (χ3n) is 4.95. The second kappa shape index (κ2) is 45.8. The van der Waals surface area contributed by atoms with Gasteiger partial charge >= 0.3 is 11.9 Å². The lowest BCUT2D eigenvalue weighted by molar-refractivity contribution is -0.140. The second-order valence-electron chi connectivity index (χ2n) is 8.22. The van der Waals surface area contributed by atoms with Crippen LogP contribution in [-0.2, 0) is 29.6 Å². The molecule has 0 atom stereocenters. The smallest absolute Gasteiger partial charge is 0.315 e. The molecule has 0 saturated heterocycles. The second-order valence-corrected chi connectivity index (χ2v) is 13.1. The van der Waals surface area contributed by atoms with Crippen LogP contribution in [-0.4, -0.2) is 92.4 Å². The van der Waals surface area contributed by atoms with Crippen LogP contribution in [0.15, 0.2) is 30.3 Å². The number of benzene rings is 1. The van der Waals surface area contributed by atoms with Gasteiger partial charge in [-0.05, 0) is 49.7 Å². The van der Waals surface area contributed by atoms with Crippen molar-refractivity contribution in [3.63, 3.8) is 0 Å². The summed E-state index contributed by atoms with van der Waals surface area (Å²) in [6, 6.07) is 10.5. The molecule has 6 nitrogen and oxygen atoms in total. The van der Waals surface area contributed by atoms with Gasteiger partial charge in [0.2, 0.25) is 5.91 Å². The number of amides is 1. The molecular weight excluding hydrogens is 639 g/mol. The molecule has 43 heavy (non-hydrogen) atoms. The minimum Gasteiger partial charge on any atom is -0.469 e. The fraction of sp³-hybridized carbons (Fsp3) is 0.719. The molecule has 0 aromatic heterocycles. The van der Waals surface area contributed by atoms with E-state index >= 15 is 0 Å². The summed E-state index contributed by atoms with van der Waals surface area (Å²) in [5.74, 6) is 3.20. The van der Waals surface area contributed by atoms with Crippen LogP contribution in [0.5, 0.6) is 0 Å². The molecule has 0 unspecified atom stereocenters. The Morgan fingerprint density at radius 1 is 0.767 bits per heavy atom. The van der Waals surface area contributed by atoms with Gasteiger partial charge in [-0.2, -0.15) is 58.8 Å². The van der Waals surface area contributed by atoms with E-state index in [9.17, 15) is 14.4 Å². The SMILES string of the molecule is C.C.C.COC(=O)CCSC.COC(=O)CSC.CSC1CCCCC1.CSCCNC(C)=O.CSCc1ccccc1. The Morgan fingerprint density at radius 2 is 1.30 bits per heavy atom. The Kier molecular flexibility index (Phi) is 58.4. The highest BCUT2D eigenvalue weighted by molar-refractivity contribution is 7.99. The van der Waals surface area contributed by atoms with Crippen molar-refractivity contribution in [2.45, 2.75) is 78.7 Å². The predicted molar refractivity (Wildman–Crippen MR) is 207 cm³/mol. The molecule has 0 heterocycles. The fourth-order valence-corrected chi connectivity index (χ4v) is 5.20. The van der Waals surface area contributed by atoms with Gasteiger partial charge < -0.3 is 14.8 Å². The summed E-state index contributed by atoms with van der Waals surface area (Å²) < 4.78 is 8.73. The quantitative estimate of drug-likeness (QED) is 0.178. The van der Waals surface area contributed by atoms with Crippen LogP contribution < -0.4 is 5.32 Å². The van der Waals surface area contributed by atoms with Crippen molar-refractivity contribution in [3.05, 3.63) is 35.9 Å². The summed E-state index contributed by atoms with van der Waals surface area (Å²) >= 11 is 8.73. The average molecular weight is 704 g/mol. The van der Waals surface area contributed by atoms with Gasteiger partial charge in [-0.25, -0.2) is 0 Å². The molecular formula is C32H65NO5S5. The first-order valence-corrected chi connectivity index (χ1v) is 20.0. The monoisotopic (exact) mass is 703 g/mol. The molecule has 1 aromatic rings.